The molecule has 0 aromatic heterocycles. The zero-order valence-corrected chi connectivity index (χ0v) is 14.6. The number of anilines is 1. The quantitative estimate of drug-likeness (QED) is 0.865. The third-order valence-corrected chi connectivity index (χ3v) is 5.32. The molecule has 4 nitrogen and oxygen atoms in total. The second-order valence-corrected chi connectivity index (χ2v) is 7.20. The fourth-order valence-electron chi connectivity index (χ4n) is 4.27. The molecule has 4 heteroatoms. The summed E-state index contributed by atoms with van der Waals surface area (Å²) in [5, 5.41) is 3.60. The van der Waals surface area contributed by atoms with Gasteiger partial charge in [0.05, 0.1) is 0 Å². The molecule has 23 heavy (non-hydrogen) atoms. The van der Waals surface area contributed by atoms with Crippen molar-refractivity contribution in [2.24, 2.45) is 0 Å². The lowest BCUT2D eigenvalue weighted by Crippen LogP contribution is -2.47. The lowest BCUT2D eigenvalue weighted by molar-refractivity contribution is -0.130. The molecule has 2 atom stereocenters. The molecule has 1 N–H and O–H groups in total. The van der Waals surface area contributed by atoms with Gasteiger partial charge >= 0.3 is 0 Å². The van der Waals surface area contributed by atoms with E-state index in [1.54, 1.807) is 6.92 Å². The molecule has 3 rings (SSSR count). The molecule has 2 aliphatic heterocycles. The minimum atomic E-state index is 0.172. The van der Waals surface area contributed by atoms with Crippen LogP contribution in [-0.4, -0.2) is 46.9 Å². The van der Waals surface area contributed by atoms with Gasteiger partial charge in [-0.3, -0.25) is 9.69 Å². The van der Waals surface area contributed by atoms with Gasteiger partial charge in [0.15, 0.2) is 0 Å². The van der Waals surface area contributed by atoms with Crippen molar-refractivity contribution in [3.05, 3.63) is 29.8 Å². The van der Waals surface area contributed by atoms with E-state index in [2.05, 4.69) is 48.3 Å². The zero-order valence-electron chi connectivity index (χ0n) is 14.6. The van der Waals surface area contributed by atoms with Gasteiger partial charge in [0, 0.05) is 50.4 Å². The van der Waals surface area contributed by atoms with Crippen LogP contribution in [0, 0.1) is 0 Å². The van der Waals surface area contributed by atoms with Crippen molar-refractivity contribution >= 4 is 11.6 Å². The molecule has 1 fully saturated rings. The van der Waals surface area contributed by atoms with Gasteiger partial charge in [-0.2, -0.15) is 0 Å². The average molecular weight is 315 g/mol. The molecule has 0 saturated carbocycles. The van der Waals surface area contributed by atoms with E-state index in [1.807, 2.05) is 4.90 Å². The van der Waals surface area contributed by atoms with Crippen molar-refractivity contribution in [2.75, 3.05) is 18.4 Å². The predicted molar refractivity (Wildman–Crippen MR) is 94.4 cm³/mol. The summed E-state index contributed by atoms with van der Waals surface area (Å²) in [7, 11) is 0. The number of carbonyl (C=O) groups is 1. The van der Waals surface area contributed by atoms with Crippen LogP contribution in [0.1, 0.15) is 45.6 Å². The summed E-state index contributed by atoms with van der Waals surface area (Å²) < 4.78 is 0. The van der Waals surface area contributed by atoms with E-state index >= 15 is 0 Å². The van der Waals surface area contributed by atoms with Crippen LogP contribution in [0.4, 0.5) is 5.69 Å². The fraction of sp³-hybridized carbons (Fsp3) is 0.632. The SMILES string of the molecule is CC(=O)N1Cc2ccccc2NCC[C@H]2CC[C@@H](C1)N2C(C)C. The molecule has 2 aliphatic rings. The van der Waals surface area contributed by atoms with Crippen LogP contribution < -0.4 is 5.32 Å². The second kappa shape index (κ2) is 6.91. The lowest BCUT2D eigenvalue weighted by Gasteiger charge is -2.36. The number of amides is 1. The average Bonchev–Trinajstić information content (AvgIpc) is 2.89. The number of carbonyl (C=O) groups excluding carboxylic acids is 1. The van der Waals surface area contributed by atoms with Crippen molar-refractivity contribution < 1.29 is 4.79 Å². The number of fused-ring (bicyclic) bond motifs is 3. The molecule has 1 saturated heterocycles. The van der Waals surface area contributed by atoms with E-state index in [-0.39, 0.29) is 5.91 Å². The van der Waals surface area contributed by atoms with Crippen LogP contribution in [0.5, 0.6) is 0 Å². The molecule has 0 spiro atoms. The molecular formula is C19H29N3O. The third kappa shape index (κ3) is 3.52. The molecule has 1 aromatic carbocycles. The summed E-state index contributed by atoms with van der Waals surface area (Å²) in [4.78, 5) is 16.9. The molecule has 1 aromatic rings. The maximum Gasteiger partial charge on any atom is 0.219 e. The highest BCUT2D eigenvalue weighted by Crippen LogP contribution is 2.31. The summed E-state index contributed by atoms with van der Waals surface area (Å²) in [5.41, 5.74) is 2.39. The van der Waals surface area contributed by atoms with E-state index in [1.165, 1.54) is 30.5 Å². The maximum atomic E-state index is 12.2. The monoisotopic (exact) mass is 315 g/mol. The third-order valence-electron chi connectivity index (χ3n) is 5.32. The molecule has 0 aliphatic carbocycles. The Kier molecular flexibility index (Phi) is 4.90. The van der Waals surface area contributed by atoms with E-state index in [0.717, 1.165) is 13.1 Å². The van der Waals surface area contributed by atoms with Crippen molar-refractivity contribution in [2.45, 2.75) is 64.7 Å². The number of benzene rings is 1. The first-order valence-corrected chi connectivity index (χ1v) is 8.91. The lowest BCUT2D eigenvalue weighted by atomic mass is 10.1. The van der Waals surface area contributed by atoms with Crippen LogP contribution in [0.25, 0.3) is 0 Å². The Balaban J connectivity index is 1.90. The van der Waals surface area contributed by atoms with Gasteiger partial charge in [0.25, 0.3) is 0 Å². The molecule has 1 amide bonds. The number of rotatable bonds is 1. The minimum Gasteiger partial charge on any atom is -0.385 e. The first-order valence-electron chi connectivity index (χ1n) is 8.91. The van der Waals surface area contributed by atoms with Crippen molar-refractivity contribution in [1.29, 1.82) is 0 Å². The van der Waals surface area contributed by atoms with Gasteiger partial charge in [0.2, 0.25) is 5.91 Å². The molecule has 0 radical (unpaired) electrons. The highest BCUT2D eigenvalue weighted by atomic mass is 16.2. The predicted octanol–water partition coefficient (Wildman–Crippen LogP) is 3.09. The van der Waals surface area contributed by atoms with Gasteiger partial charge in [0.1, 0.15) is 0 Å². The van der Waals surface area contributed by atoms with E-state index < -0.39 is 0 Å². The number of nitrogens with zero attached hydrogens (tertiary/aromatic N) is 2. The summed E-state index contributed by atoms with van der Waals surface area (Å²) in [6.45, 7) is 8.81. The van der Waals surface area contributed by atoms with Gasteiger partial charge < -0.3 is 10.2 Å². The summed E-state index contributed by atoms with van der Waals surface area (Å²) in [5.74, 6) is 0.172. The number of hydrogen-bond donors (Lipinski definition) is 1. The van der Waals surface area contributed by atoms with E-state index in [9.17, 15) is 4.79 Å². The van der Waals surface area contributed by atoms with Crippen molar-refractivity contribution in [3.63, 3.8) is 0 Å². The Labute approximate surface area is 139 Å². The molecule has 0 unspecified atom stereocenters. The highest BCUT2D eigenvalue weighted by molar-refractivity contribution is 5.73. The van der Waals surface area contributed by atoms with Gasteiger partial charge in [-0.15, -0.1) is 0 Å². The second-order valence-electron chi connectivity index (χ2n) is 7.20. The number of nitrogens with one attached hydrogen (secondary N) is 1. The fourth-order valence-corrected chi connectivity index (χ4v) is 4.27. The van der Waals surface area contributed by atoms with E-state index in [4.69, 9.17) is 0 Å². The number of para-hydroxylation sites is 1. The summed E-state index contributed by atoms with van der Waals surface area (Å²) in [6.07, 6.45) is 3.62. The topological polar surface area (TPSA) is 35.6 Å². The molecule has 2 bridgehead atoms. The highest BCUT2D eigenvalue weighted by Gasteiger charge is 2.36. The van der Waals surface area contributed by atoms with Crippen molar-refractivity contribution in [1.82, 2.24) is 9.80 Å². The Bertz CT molecular complexity index is 557. The van der Waals surface area contributed by atoms with E-state index in [0.29, 0.717) is 24.7 Å². The van der Waals surface area contributed by atoms with Crippen LogP contribution in [-0.2, 0) is 11.3 Å². The van der Waals surface area contributed by atoms with Crippen LogP contribution >= 0.6 is 0 Å². The normalized spacial score (nSPS) is 25.7. The Hall–Kier alpha value is -1.55. The maximum absolute atomic E-state index is 12.2. The Morgan fingerprint density at radius 1 is 1.17 bits per heavy atom. The van der Waals surface area contributed by atoms with Crippen LogP contribution in [0.2, 0.25) is 0 Å². The smallest absolute Gasteiger partial charge is 0.219 e. The number of hydrogen-bond acceptors (Lipinski definition) is 3. The largest absolute Gasteiger partial charge is 0.385 e. The Morgan fingerprint density at radius 3 is 2.65 bits per heavy atom. The first kappa shape index (κ1) is 16.3. The molecule has 126 valence electrons. The zero-order chi connectivity index (χ0) is 16.4. The van der Waals surface area contributed by atoms with Crippen molar-refractivity contribution in [3.8, 4) is 0 Å². The summed E-state index contributed by atoms with van der Waals surface area (Å²) in [6, 6.07) is 10.0. The van der Waals surface area contributed by atoms with Gasteiger partial charge in [-0.25, -0.2) is 0 Å². The van der Waals surface area contributed by atoms with Gasteiger partial charge in [-0.05, 0) is 44.7 Å². The van der Waals surface area contributed by atoms with Crippen LogP contribution in [0.3, 0.4) is 0 Å². The standard InChI is InChI=1S/C19H29N3O/c1-14(2)22-17-8-9-18(22)13-21(15(3)23)12-16-6-4-5-7-19(16)20-11-10-17/h4-7,14,17-18,20H,8-13H2,1-3H3/t17-,18+/m1/s1. The first-order chi connectivity index (χ1) is 11.1. The summed E-state index contributed by atoms with van der Waals surface area (Å²) >= 11 is 0. The van der Waals surface area contributed by atoms with Gasteiger partial charge in [-0.1, -0.05) is 18.2 Å². The Morgan fingerprint density at radius 2 is 1.91 bits per heavy atom. The molecular weight excluding hydrogens is 286 g/mol. The van der Waals surface area contributed by atoms with Crippen LogP contribution in [0.15, 0.2) is 24.3 Å². The molecule has 2 heterocycles. The minimum absolute atomic E-state index is 0.172.